The number of nitrogens with two attached hydrogens (primary N) is 1. The fraction of sp³-hybridized carbons (Fsp3) is 0.292. The number of amides is 1. The van der Waals surface area contributed by atoms with E-state index in [1.807, 2.05) is 49.4 Å². The molecule has 1 atom stereocenters. The molecule has 8 nitrogen and oxygen atoms in total. The Labute approximate surface area is 187 Å². The van der Waals surface area contributed by atoms with Gasteiger partial charge in [0.25, 0.3) is 0 Å². The van der Waals surface area contributed by atoms with Crippen LogP contribution >= 0.6 is 0 Å². The highest BCUT2D eigenvalue weighted by Gasteiger charge is 2.12. The minimum Gasteiger partial charge on any atom is -0.378 e. The number of rotatable bonds is 7. The number of carbonyl (C=O) groups excluding carboxylic acids is 1. The minimum absolute atomic E-state index is 0.187. The van der Waals surface area contributed by atoms with Gasteiger partial charge in [-0.3, -0.25) is 4.79 Å². The summed E-state index contributed by atoms with van der Waals surface area (Å²) in [5.74, 6) is 0.335. The summed E-state index contributed by atoms with van der Waals surface area (Å²) in [7, 11) is 0. The Kier molecular flexibility index (Phi) is 6.94. The van der Waals surface area contributed by atoms with Gasteiger partial charge in [-0.1, -0.05) is 19.1 Å². The first-order chi connectivity index (χ1) is 15.6. The number of anilines is 4. The molecule has 1 aromatic heterocycles. The summed E-state index contributed by atoms with van der Waals surface area (Å²) in [6, 6.07) is 17.1. The summed E-state index contributed by atoms with van der Waals surface area (Å²) in [5.41, 5.74) is 10.3. The maximum atomic E-state index is 12.0. The highest BCUT2D eigenvalue weighted by Crippen LogP contribution is 2.23. The molecule has 0 radical (unpaired) electrons. The Morgan fingerprint density at radius 1 is 1.06 bits per heavy atom. The summed E-state index contributed by atoms with van der Waals surface area (Å²) in [4.78, 5) is 23.2. The van der Waals surface area contributed by atoms with Crippen LogP contribution in [0.4, 0.5) is 23.0 Å². The van der Waals surface area contributed by atoms with Gasteiger partial charge in [0.05, 0.1) is 24.9 Å². The molecule has 0 aliphatic carbocycles. The second-order valence-corrected chi connectivity index (χ2v) is 7.62. The fourth-order valence-electron chi connectivity index (χ4n) is 3.43. The van der Waals surface area contributed by atoms with E-state index >= 15 is 0 Å². The van der Waals surface area contributed by atoms with Crippen molar-refractivity contribution in [3.05, 3.63) is 60.8 Å². The van der Waals surface area contributed by atoms with Gasteiger partial charge in [-0.15, -0.1) is 0 Å². The van der Waals surface area contributed by atoms with E-state index in [9.17, 15) is 4.79 Å². The molecule has 1 amide bonds. The predicted molar refractivity (Wildman–Crippen MR) is 127 cm³/mol. The van der Waals surface area contributed by atoms with E-state index in [0.29, 0.717) is 18.1 Å². The lowest BCUT2D eigenvalue weighted by Gasteiger charge is -2.28. The van der Waals surface area contributed by atoms with Crippen molar-refractivity contribution in [2.24, 2.45) is 5.73 Å². The molecule has 32 heavy (non-hydrogen) atoms. The molecule has 2 heterocycles. The van der Waals surface area contributed by atoms with Crippen LogP contribution in [-0.2, 0) is 9.53 Å². The summed E-state index contributed by atoms with van der Waals surface area (Å²) in [6.07, 6.45) is 2.32. The van der Waals surface area contributed by atoms with Crippen molar-refractivity contribution in [2.45, 2.75) is 19.4 Å². The second-order valence-electron chi connectivity index (χ2n) is 7.62. The number of ether oxygens (including phenoxy) is 1. The van der Waals surface area contributed by atoms with Crippen molar-refractivity contribution < 1.29 is 9.53 Å². The number of benzene rings is 2. The molecule has 0 spiro atoms. The second kappa shape index (κ2) is 10.2. The zero-order chi connectivity index (χ0) is 22.3. The smallest absolute Gasteiger partial charge is 0.241 e. The van der Waals surface area contributed by atoms with Crippen LogP contribution in [0.25, 0.3) is 11.3 Å². The van der Waals surface area contributed by atoms with E-state index in [-0.39, 0.29) is 5.91 Å². The highest BCUT2D eigenvalue weighted by atomic mass is 16.5. The van der Waals surface area contributed by atoms with E-state index in [4.69, 9.17) is 10.5 Å². The summed E-state index contributed by atoms with van der Waals surface area (Å²) < 4.78 is 5.41. The van der Waals surface area contributed by atoms with E-state index in [2.05, 4.69) is 37.6 Å². The maximum Gasteiger partial charge on any atom is 0.241 e. The number of aromatic nitrogens is 2. The number of hydrogen-bond donors (Lipinski definition) is 3. The van der Waals surface area contributed by atoms with Gasteiger partial charge in [0.1, 0.15) is 0 Å². The lowest BCUT2D eigenvalue weighted by Crippen LogP contribution is -2.36. The minimum atomic E-state index is -0.506. The molecule has 0 saturated carbocycles. The molecule has 8 heteroatoms. The van der Waals surface area contributed by atoms with Crippen molar-refractivity contribution in [1.29, 1.82) is 0 Å². The Balaban J connectivity index is 1.41. The molecular formula is C24H28N6O2. The molecule has 0 unspecified atom stereocenters. The molecule has 1 aliphatic heterocycles. The molecule has 166 valence electrons. The Hall–Kier alpha value is -3.49. The summed E-state index contributed by atoms with van der Waals surface area (Å²) in [5, 5.41) is 6.09. The van der Waals surface area contributed by atoms with Crippen molar-refractivity contribution >= 4 is 28.9 Å². The van der Waals surface area contributed by atoms with Crippen molar-refractivity contribution in [3.63, 3.8) is 0 Å². The Bertz CT molecular complexity index is 1030. The topological polar surface area (TPSA) is 105 Å². The van der Waals surface area contributed by atoms with Crippen LogP contribution in [0.2, 0.25) is 0 Å². The molecule has 1 aliphatic rings. The summed E-state index contributed by atoms with van der Waals surface area (Å²) in [6.45, 7) is 5.23. The standard InChI is InChI=1S/C24H28N6O2/c1-2-21(25)23(31)27-18-5-3-17(4-6-18)22-11-12-26-24(29-22)28-19-7-9-20(10-8-19)30-13-15-32-16-14-30/h3-12,21H,2,13-16,25H2,1H3,(H,27,31)(H,26,28,29)/t21-/m1/s1. The number of carbonyl (C=O) groups is 1. The Morgan fingerprint density at radius 2 is 1.75 bits per heavy atom. The number of morpholine rings is 1. The monoisotopic (exact) mass is 432 g/mol. The maximum absolute atomic E-state index is 12.0. The van der Waals surface area contributed by atoms with Crippen LogP contribution in [0.15, 0.2) is 60.8 Å². The normalized spacial score (nSPS) is 14.6. The average molecular weight is 433 g/mol. The number of nitrogens with zero attached hydrogens (tertiary/aromatic N) is 3. The molecule has 3 aromatic rings. The van der Waals surface area contributed by atoms with Crippen molar-refractivity contribution in [3.8, 4) is 11.3 Å². The van der Waals surface area contributed by atoms with E-state index < -0.39 is 6.04 Å². The first kappa shape index (κ1) is 21.7. The van der Waals surface area contributed by atoms with Gasteiger partial charge in [-0.05, 0) is 48.9 Å². The van der Waals surface area contributed by atoms with Crippen LogP contribution in [0.5, 0.6) is 0 Å². The van der Waals surface area contributed by atoms with E-state index in [1.54, 1.807) is 6.20 Å². The molecular weight excluding hydrogens is 404 g/mol. The first-order valence-electron chi connectivity index (χ1n) is 10.8. The quantitative estimate of drug-likeness (QED) is 0.525. The zero-order valence-corrected chi connectivity index (χ0v) is 18.1. The van der Waals surface area contributed by atoms with E-state index in [0.717, 1.165) is 43.2 Å². The van der Waals surface area contributed by atoms with Gasteiger partial charge in [0, 0.05) is 41.9 Å². The highest BCUT2D eigenvalue weighted by molar-refractivity contribution is 5.94. The van der Waals surface area contributed by atoms with Crippen LogP contribution < -0.4 is 21.3 Å². The molecule has 4 rings (SSSR count). The molecule has 1 fully saturated rings. The third kappa shape index (κ3) is 5.40. The molecule has 4 N–H and O–H groups in total. The number of hydrogen-bond acceptors (Lipinski definition) is 7. The predicted octanol–water partition coefficient (Wildman–Crippen LogP) is 3.40. The largest absolute Gasteiger partial charge is 0.378 e. The van der Waals surface area contributed by atoms with Crippen molar-refractivity contribution in [2.75, 3.05) is 41.8 Å². The zero-order valence-electron chi connectivity index (χ0n) is 18.1. The molecule has 2 aromatic carbocycles. The van der Waals surface area contributed by atoms with Gasteiger partial charge >= 0.3 is 0 Å². The molecule has 1 saturated heterocycles. The number of nitrogens with one attached hydrogen (secondary N) is 2. The fourth-order valence-corrected chi connectivity index (χ4v) is 3.43. The third-order valence-corrected chi connectivity index (χ3v) is 5.38. The van der Waals surface area contributed by atoms with Gasteiger partial charge in [0.2, 0.25) is 11.9 Å². The lowest BCUT2D eigenvalue weighted by molar-refractivity contribution is -0.117. The SMILES string of the molecule is CC[C@@H](N)C(=O)Nc1ccc(-c2ccnc(Nc3ccc(N4CCOCC4)cc3)n2)cc1. The molecule has 0 bridgehead atoms. The van der Waals surface area contributed by atoms with Crippen molar-refractivity contribution in [1.82, 2.24) is 9.97 Å². The average Bonchev–Trinajstić information content (AvgIpc) is 2.85. The van der Waals surface area contributed by atoms with Gasteiger partial charge in [-0.2, -0.15) is 0 Å². The van der Waals surface area contributed by atoms with Gasteiger partial charge in [0.15, 0.2) is 0 Å². The first-order valence-corrected chi connectivity index (χ1v) is 10.8. The Morgan fingerprint density at radius 3 is 2.44 bits per heavy atom. The van der Waals surface area contributed by atoms with Gasteiger partial charge < -0.3 is 26.0 Å². The van der Waals surface area contributed by atoms with Gasteiger partial charge in [-0.25, -0.2) is 9.97 Å². The lowest BCUT2D eigenvalue weighted by atomic mass is 10.1. The van der Waals surface area contributed by atoms with Crippen LogP contribution in [0, 0.1) is 0 Å². The van der Waals surface area contributed by atoms with Crippen LogP contribution in [0.1, 0.15) is 13.3 Å². The summed E-state index contributed by atoms with van der Waals surface area (Å²) >= 11 is 0. The van der Waals surface area contributed by atoms with Crippen LogP contribution in [-0.4, -0.2) is 48.2 Å². The van der Waals surface area contributed by atoms with E-state index in [1.165, 1.54) is 5.69 Å². The third-order valence-electron chi connectivity index (χ3n) is 5.38. The van der Waals surface area contributed by atoms with Crippen LogP contribution in [0.3, 0.4) is 0 Å².